The first kappa shape index (κ1) is 12.8. The molecule has 1 aromatic rings. The first-order chi connectivity index (χ1) is 8.65. The van der Waals surface area contributed by atoms with Crippen LogP contribution in [0.5, 0.6) is 0 Å². The van der Waals surface area contributed by atoms with Crippen LogP contribution in [0.2, 0.25) is 0 Å². The average molecular weight is 252 g/mol. The van der Waals surface area contributed by atoms with Gasteiger partial charge < -0.3 is 15.8 Å². The van der Waals surface area contributed by atoms with Crippen molar-refractivity contribution in [3.05, 3.63) is 24.0 Å². The van der Waals surface area contributed by atoms with E-state index in [4.69, 9.17) is 10.5 Å². The monoisotopic (exact) mass is 252 g/mol. The van der Waals surface area contributed by atoms with Crippen molar-refractivity contribution < 1.29 is 13.9 Å². The quantitative estimate of drug-likeness (QED) is 0.811. The van der Waals surface area contributed by atoms with E-state index in [1.165, 1.54) is 18.2 Å². The predicted molar refractivity (Wildman–Crippen MR) is 67.7 cm³/mol. The van der Waals surface area contributed by atoms with Gasteiger partial charge in [0.25, 0.3) is 0 Å². The highest BCUT2D eigenvalue weighted by Crippen LogP contribution is 2.21. The van der Waals surface area contributed by atoms with E-state index in [2.05, 4.69) is 5.32 Å². The molecule has 1 atom stereocenters. The van der Waals surface area contributed by atoms with Crippen LogP contribution in [-0.2, 0) is 9.53 Å². The number of carbonyl (C=O) groups is 1. The maximum Gasteiger partial charge on any atom is 0.227 e. The molecule has 1 saturated heterocycles. The molecule has 2 rings (SSSR count). The zero-order chi connectivity index (χ0) is 13.0. The Labute approximate surface area is 105 Å². The normalized spacial score (nSPS) is 19.5. The second-order valence-electron chi connectivity index (χ2n) is 4.47. The van der Waals surface area contributed by atoms with E-state index in [0.29, 0.717) is 12.1 Å². The lowest BCUT2D eigenvalue weighted by atomic mass is 10.1. The van der Waals surface area contributed by atoms with Crippen LogP contribution >= 0.6 is 0 Å². The molecule has 1 heterocycles. The van der Waals surface area contributed by atoms with E-state index in [-0.39, 0.29) is 17.7 Å². The van der Waals surface area contributed by atoms with E-state index in [1.807, 2.05) is 0 Å². The van der Waals surface area contributed by atoms with Gasteiger partial charge in [-0.05, 0) is 37.5 Å². The van der Waals surface area contributed by atoms with E-state index in [9.17, 15) is 9.18 Å². The highest BCUT2D eigenvalue weighted by atomic mass is 19.1. The van der Waals surface area contributed by atoms with Gasteiger partial charge >= 0.3 is 0 Å². The van der Waals surface area contributed by atoms with Crippen LogP contribution in [0.4, 0.5) is 15.8 Å². The lowest BCUT2D eigenvalue weighted by Crippen LogP contribution is -2.25. The number of nitrogens with two attached hydrogens (primary N) is 1. The Bertz CT molecular complexity index is 431. The SMILES string of the molecule is Nc1cc(F)ccc1NC(=O)CC1CCCCO1. The summed E-state index contributed by atoms with van der Waals surface area (Å²) in [7, 11) is 0. The van der Waals surface area contributed by atoms with Crippen LogP contribution in [0.1, 0.15) is 25.7 Å². The number of nitrogen functional groups attached to an aromatic ring is 1. The van der Waals surface area contributed by atoms with E-state index in [1.54, 1.807) is 0 Å². The van der Waals surface area contributed by atoms with Crippen LogP contribution in [0.25, 0.3) is 0 Å². The molecule has 5 heteroatoms. The third-order valence-electron chi connectivity index (χ3n) is 2.97. The molecule has 98 valence electrons. The van der Waals surface area contributed by atoms with Crippen molar-refractivity contribution in [2.24, 2.45) is 0 Å². The lowest BCUT2D eigenvalue weighted by molar-refractivity contribution is -0.119. The number of nitrogens with one attached hydrogen (secondary N) is 1. The maximum atomic E-state index is 12.8. The Hall–Kier alpha value is -1.62. The van der Waals surface area contributed by atoms with Gasteiger partial charge in [-0.3, -0.25) is 4.79 Å². The summed E-state index contributed by atoms with van der Waals surface area (Å²) in [5.74, 6) is -0.568. The van der Waals surface area contributed by atoms with E-state index in [0.717, 1.165) is 25.9 Å². The second kappa shape index (κ2) is 5.82. The molecule has 1 aliphatic heterocycles. The fourth-order valence-electron chi connectivity index (χ4n) is 2.02. The van der Waals surface area contributed by atoms with Gasteiger partial charge in [0.1, 0.15) is 5.82 Å². The Morgan fingerprint density at radius 1 is 1.50 bits per heavy atom. The molecule has 1 aliphatic rings. The van der Waals surface area contributed by atoms with Gasteiger partial charge in [-0.1, -0.05) is 0 Å². The van der Waals surface area contributed by atoms with E-state index >= 15 is 0 Å². The van der Waals surface area contributed by atoms with E-state index < -0.39 is 5.82 Å². The summed E-state index contributed by atoms with van der Waals surface area (Å²) < 4.78 is 18.3. The Kier molecular flexibility index (Phi) is 4.15. The molecule has 0 aliphatic carbocycles. The highest BCUT2D eigenvalue weighted by Gasteiger charge is 2.18. The molecule has 18 heavy (non-hydrogen) atoms. The van der Waals surface area contributed by atoms with Gasteiger partial charge in [-0.2, -0.15) is 0 Å². The van der Waals surface area contributed by atoms with Crippen molar-refractivity contribution in [2.45, 2.75) is 31.8 Å². The maximum absolute atomic E-state index is 12.8. The van der Waals surface area contributed by atoms with Crippen molar-refractivity contribution in [2.75, 3.05) is 17.7 Å². The zero-order valence-electron chi connectivity index (χ0n) is 10.1. The third-order valence-corrected chi connectivity index (χ3v) is 2.97. The van der Waals surface area contributed by atoms with Gasteiger partial charge in [0.15, 0.2) is 0 Å². The van der Waals surface area contributed by atoms with Crippen LogP contribution in [0.15, 0.2) is 18.2 Å². The number of rotatable bonds is 3. The first-order valence-corrected chi connectivity index (χ1v) is 6.11. The summed E-state index contributed by atoms with van der Waals surface area (Å²) in [6.45, 7) is 0.719. The molecule has 1 fully saturated rings. The smallest absolute Gasteiger partial charge is 0.227 e. The number of hydrogen-bond donors (Lipinski definition) is 2. The minimum Gasteiger partial charge on any atom is -0.397 e. The van der Waals surface area contributed by atoms with Gasteiger partial charge in [0.2, 0.25) is 5.91 Å². The number of hydrogen-bond acceptors (Lipinski definition) is 3. The summed E-state index contributed by atoms with van der Waals surface area (Å²) >= 11 is 0. The standard InChI is InChI=1S/C13H17FN2O2/c14-9-4-5-12(11(15)7-9)16-13(17)8-10-3-1-2-6-18-10/h4-5,7,10H,1-3,6,8,15H2,(H,16,17). The van der Waals surface area contributed by atoms with Gasteiger partial charge in [0, 0.05) is 6.61 Å². The number of ether oxygens (including phenoxy) is 1. The molecule has 0 spiro atoms. The summed E-state index contributed by atoms with van der Waals surface area (Å²) in [6.07, 6.45) is 3.36. The lowest BCUT2D eigenvalue weighted by Gasteiger charge is -2.22. The molecule has 0 aromatic heterocycles. The largest absolute Gasteiger partial charge is 0.397 e. The molecular weight excluding hydrogens is 235 g/mol. The molecule has 3 N–H and O–H groups in total. The summed E-state index contributed by atoms with van der Waals surface area (Å²) in [4.78, 5) is 11.8. The zero-order valence-corrected chi connectivity index (χ0v) is 10.1. The van der Waals surface area contributed by atoms with Crippen molar-refractivity contribution in [1.82, 2.24) is 0 Å². The summed E-state index contributed by atoms with van der Waals surface area (Å²) in [5, 5.41) is 2.67. The van der Waals surface area contributed by atoms with Gasteiger partial charge in [0.05, 0.1) is 23.9 Å². The first-order valence-electron chi connectivity index (χ1n) is 6.11. The number of benzene rings is 1. The molecule has 0 radical (unpaired) electrons. The molecule has 4 nitrogen and oxygen atoms in total. The van der Waals surface area contributed by atoms with Crippen LogP contribution in [0, 0.1) is 5.82 Å². The summed E-state index contributed by atoms with van der Waals surface area (Å²) in [5.41, 5.74) is 6.29. The van der Waals surface area contributed by atoms with Crippen LogP contribution in [0.3, 0.4) is 0 Å². The van der Waals surface area contributed by atoms with Crippen molar-refractivity contribution in [1.29, 1.82) is 0 Å². The third kappa shape index (κ3) is 3.43. The fraction of sp³-hybridized carbons (Fsp3) is 0.462. The number of carbonyl (C=O) groups excluding carboxylic acids is 1. The minimum atomic E-state index is -0.416. The summed E-state index contributed by atoms with van der Waals surface area (Å²) in [6, 6.07) is 3.92. The van der Waals surface area contributed by atoms with Crippen LogP contribution < -0.4 is 11.1 Å². The topological polar surface area (TPSA) is 64.3 Å². The Morgan fingerprint density at radius 2 is 2.33 bits per heavy atom. The minimum absolute atomic E-state index is 0.0135. The van der Waals surface area contributed by atoms with Crippen molar-refractivity contribution in [3.63, 3.8) is 0 Å². The second-order valence-corrected chi connectivity index (χ2v) is 4.47. The van der Waals surface area contributed by atoms with Crippen molar-refractivity contribution in [3.8, 4) is 0 Å². The van der Waals surface area contributed by atoms with Crippen LogP contribution in [-0.4, -0.2) is 18.6 Å². The fourth-order valence-corrected chi connectivity index (χ4v) is 2.02. The van der Waals surface area contributed by atoms with Gasteiger partial charge in [-0.15, -0.1) is 0 Å². The number of anilines is 2. The van der Waals surface area contributed by atoms with Crippen molar-refractivity contribution >= 4 is 17.3 Å². The molecular formula is C13H17FN2O2. The number of halogens is 1. The Balaban J connectivity index is 1.90. The molecule has 1 aromatic carbocycles. The molecule has 0 saturated carbocycles. The molecule has 1 amide bonds. The Morgan fingerprint density at radius 3 is 3.00 bits per heavy atom. The van der Waals surface area contributed by atoms with Gasteiger partial charge in [-0.25, -0.2) is 4.39 Å². The average Bonchev–Trinajstić information content (AvgIpc) is 2.34. The molecule has 0 bridgehead atoms. The molecule has 1 unspecified atom stereocenters. The predicted octanol–water partition coefficient (Wildman–Crippen LogP) is 2.31. The highest BCUT2D eigenvalue weighted by molar-refractivity contribution is 5.94. The number of amides is 1.